The maximum absolute atomic E-state index is 13.1. The maximum Gasteiger partial charge on any atom is 0.253 e. The summed E-state index contributed by atoms with van der Waals surface area (Å²) in [4.78, 5) is 14.7. The van der Waals surface area contributed by atoms with E-state index < -0.39 is 10.0 Å². The van der Waals surface area contributed by atoms with Crippen molar-refractivity contribution >= 4 is 27.5 Å². The standard InChI is InChI=1S/C21H25ClN2O3S/c1-16-10-11-17(14-20(16)28(26,27)24-12-6-3-7-13-24)21(25)23(2)15-18-8-4-5-9-19(18)22/h4-5,8-11,14H,3,6-7,12-13,15H2,1-2H3. The summed E-state index contributed by atoms with van der Waals surface area (Å²) in [6.45, 7) is 3.18. The number of rotatable bonds is 5. The van der Waals surface area contributed by atoms with Crippen LogP contribution in [-0.2, 0) is 16.6 Å². The lowest BCUT2D eigenvalue weighted by molar-refractivity contribution is 0.0785. The number of hydrogen-bond acceptors (Lipinski definition) is 3. The molecule has 0 radical (unpaired) electrons. The molecule has 1 aliphatic rings. The van der Waals surface area contributed by atoms with Crippen molar-refractivity contribution in [2.45, 2.75) is 37.6 Å². The first-order chi connectivity index (χ1) is 13.3. The number of nitrogens with zero attached hydrogens (tertiary/aromatic N) is 2. The van der Waals surface area contributed by atoms with Crippen LogP contribution in [0.4, 0.5) is 0 Å². The quantitative estimate of drug-likeness (QED) is 0.731. The minimum Gasteiger partial charge on any atom is -0.337 e. The van der Waals surface area contributed by atoms with Gasteiger partial charge in [-0.15, -0.1) is 0 Å². The third kappa shape index (κ3) is 4.40. The highest BCUT2D eigenvalue weighted by Gasteiger charge is 2.28. The molecule has 0 bridgehead atoms. The fourth-order valence-corrected chi connectivity index (χ4v) is 5.39. The highest BCUT2D eigenvalue weighted by molar-refractivity contribution is 7.89. The lowest BCUT2D eigenvalue weighted by atomic mass is 10.1. The van der Waals surface area contributed by atoms with Gasteiger partial charge in [0.15, 0.2) is 0 Å². The summed E-state index contributed by atoms with van der Waals surface area (Å²) in [7, 11) is -1.91. The largest absolute Gasteiger partial charge is 0.337 e. The van der Waals surface area contributed by atoms with Crippen LogP contribution in [0.25, 0.3) is 0 Å². The maximum atomic E-state index is 13.1. The number of carbonyl (C=O) groups is 1. The number of aryl methyl sites for hydroxylation is 1. The van der Waals surface area contributed by atoms with Gasteiger partial charge in [-0.2, -0.15) is 4.31 Å². The zero-order valence-corrected chi connectivity index (χ0v) is 17.8. The minimum atomic E-state index is -3.60. The van der Waals surface area contributed by atoms with Gasteiger partial charge in [0.25, 0.3) is 5.91 Å². The second-order valence-corrected chi connectivity index (χ2v) is 9.51. The summed E-state index contributed by atoms with van der Waals surface area (Å²) in [5, 5.41) is 0.597. The first kappa shape index (κ1) is 20.8. The molecule has 1 fully saturated rings. The van der Waals surface area contributed by atoms with Crippen molar-refractivity contribution in [1.82, 2.24) is 9.21 Å². The van der Waals surface area contributed by atoms with Crippen molar-refractivity contribution in [3.63, 3.8) is 0 Å². The highest BCUT2D eigenvalue weighted by Crippen LogP contribution is 2.25. The van der Waals surface area contributed by atoms with Crippen LogP contribution in [0.3, 0.4) is 0 Å². The molecule has 7 heteroatoms. The third-order valence-electron chi connectivity index (χ3n) is 5.08. The molecule has 0 saturated carbocycles. The number of amides is 1. The van der Waals surface area contributed by atoms with Gasteiger partial charge in [0.1, 0.15) is 0 Å². The predicted molar refractivity (Wildman–Crippen MR) is 111 cm³/mol. The van der Waals surface area contributed by atoms with Crippen LogP contribution in [0, 0.1) is 6.92 Å². The molecule has 0 unspecified atom stereocenters. The number of piperidine rings is 1. The molecule has 5 nitrogen and oxygen atoms in total. The monoisotopic (exact) mass is 420 g/mol. The van der Waals surface area contributed by atoms with E-state index in [1.165, 1.54) is 10.4 Å². The molecule has 1 heterocycles. The zero-order valence-electron chi connectivity index (χ0n) is 16.2. The van der Waals surface area contributed by atoms with Crippen molar-refractivity contribution < 1.29 is 13.2 Å². The first-order valence-electron chi connectivity index (χ1n) is 9.40. The smallest absolute Gasteiger partial charge is 0.253 e. The Labute approximate surface area is 172 Å². The molecule has 0 spiro atoms. The Morgan fingerprint density at radius 3 is 2.46 bits per heavy atom. The van der Waals surface area contributed by atoms with E-state index in [2.05, 4.69) is 0 Å². The van der Waals surface area contributed by atoms with Crippen molar-refractivity contribution in [2.75, 3.05) is 20.1 Å². The van der Waals surface area contributed by atoms with Crippen molar-refractivity contribution in [2.24, 2.45) is 0 Å². The van der Waals surface area contributed by atoms with Crippen molar-refractivity contribution in [3.8, 4) is 0 Å². The SMILES string of the molecule is Cc1ccc(C(=O)N(C)Cc2ccccc2Cl)cc1S(=O)(=O)N1CCCCC1. The normalized spacial score (nSPS) is 15.4. The minimum absolute atomic E-state index is 0.214. The number of benzene rings is 2. The van der Waals surface area contributed by atoms with E-state index in [9.17, 15) is 13.2 Å². The van der Waals surface area contributed by atoms with E-state index >= 15 is 0 Å². The van der Waals surface area contributed by atoms with Gasteiger partial charge < -0.3 is 4.90 Å². The molecular formula is C21H25ClN2O3S. The van der Waals surface area contributed by atoms with Crippen LogP contribution in [-0.4, -0.2) is 43.7 Å². The van der Waals surface area contributed by atoms with Crippen molar-refractivity contribution in [3.05, 3.63) is 64.2 Å². The van der Waals surface area contributed by atoms with Gasteiger partial charge in [0, 0.05) is 37.3 Å². The van der Waals surface area contributed by atoms with Gasteiger partial charge in [-0.05, 0) is 49.1 Å². The second-order valence-electron chi connectivity index (χ2n) is 7.20. The molecule has 150 valence electrons. The Kier molecular flexibility index (Phi) is 6.43. The molecule has 2 aromatic rings. The van der Waals surface area contributed by atoms with Gasteiger partial charge in [0.2, 0.25) is 10.0 Å². The summed E-state index contributed by atoms with van der Waals surface area (Å²) in [6, 6.07) is 12.2. The van der Waals surface area contributed by atoms with Crippen LogP contribution in [0.2, 0.25) is 5.02 Å². The van der Waals surface area contributed by atoms with E-state index in [1.807, 2.05) is 18.2 Å². The van der Waals surface area contributed by atoms with Crippen LogP contribution in [0.5, 0.6) is 0 Å². The molecule has 2 aromatic carbocycles. The topological polar surface area (TPSA) is 57.7 Å². The average Bonchev–Trinajstić information content (AvgIpc) is 2.70. The lowest BCUT2D eigenvalue weighted by Crippen LogP contribution is -2.36. The summed E-state index contributed by atoms with van der Waals surface area (Å²) in [6.07, 6.45) is 2.80. The average molecular weight is 421 g/mol. The summed E-state index contributed by atoms with van der Waals surface area (Å²) in [5.41, 5.74) is 1.85. The molecule has 0 N–H and O–H groups in total. The molecular weight excluding hydrogens is 396 g/mol. The Morgan fingerprint density at radius 1 is 1.11 bits per heavy atom. The Morgan fingerprint density at radius 2 is 1.79 bits per heavy atom. The molecule has 1 amide bonds. The van der Waals surface area contributed by atoms with Gasteiger partial charge >= 0.3 is 0 Å². The second kappa shape index (κ2) is 8.64. The molecule has 1 aliphatic heterocycles. The fourth-order valence-electron chi connectivity index (χ4n) is 3.43. The third-order valence-corrected chi connectivity index (χ3v) is 7.49. The molecule has 3 rings (SSSR count). The van der Waals surface area contributed by atoms with Crippen LogP contribution < -0.4 is 0 Å². The molecule has 0 atom stereocenters. The predicted octanol–water partition coefficient (Wildman–Crippen LogP) is 4.10. The molecule has 0 aliphatic carbocycles. The Hall–Kier alpha value is -1.89. The Balaban J connectivity index is 1.86. The summed E-state index contributed by atoms with van der Waals surface area (Å²) < 4.78 is 27.7. The van der Waals surface area contributed by atoms with E-state index in [0.29, 0.717) is 35.8 Å². The van der Waals surface area contributed by atoms with E-state index in [-0.39, 0.29) is 10.8 Å². The first-order valence-corrected chi connectivity index (χ1v) is 11.2. The molecule has 0 aromatic heterocycles. The van der Waals surface area contributed by atoms with E-state index in [0.717, 1.165) is 24.8 Å². The van der Waals surface area contributed by atoms with Gasteiger partial charge in [-0.25, -0.2) is 8.42 Å². The van der Waals surface area contributed by atoms with Gasteiger partial charge in [-0.1, -0.05) is 42.3 Å². The van der Waals surface area contributed by atoms with Crippen LogP contribution in [0.15, 0.2) is 47.4 Å². The number of hydrogen-bond donors (Lipinski definition) is 0. The summed E-state index contributed by atoms with van der Waals surface area (Å²) in [5.74, 6) is -0.241. The lowest BCUT2D eigenvalue weighted by Gasteiger charge is -2.27. The van der Waals surface area contributed by atoms with Crippen molar-refractivity contribution in [1.29, 1.82) is 0 Å². The van der Waals surface area contributed by atoms with Gasteiger partial charge in [0.05, 0.1) is 4.90 Å². The summed E-state index contributed by atoms with van der Waals surface area (Å²) >= 11 is 6.19. The molecule has 1 saturated heterocycles. The fraction of sp³-hybridized carbons (Fsp3) is 0.381. The number of carbonyl (C=O) groups excluding carboxylic acids is 1. The van der Waals surface area contributed by atoms with E-state index in [4.69, 9.17) is 11.6 Å². The van der Waals surface area contributed by atoms with E-state index in [1.54, 1.807) is 37.1 Å². The number of halogens is 1. The Bertz CT molecular complexity index is 969. The van der Waals surface area contributed by atoms with Crippen LogP contribution in [0.1, 0.15) is 40.7 Å². The van der Waals surface area contributed by atoms with Gasteiger partial charge in [-0.3, -0.25) is 4.79 Å². The number of sulfonamides is 1. The zero-order chi connectivity index (χ0) is 20.3. The van der Waals surface area contributed by atoms with Crippen LogP contribution >= 0.6 is 11.6 Å². The highest BCUT2D eigenvalue weighted by atomic mass is 35.5. The molecule has 28 heavy (non-hydrogen) atoms.